The third kappa shape index (κ3) is 2.52. The van der Waals surface area contributed by atoms with Gasteiger partial charge < -0.3 is 11.1 Å². The molecule has 0 unspecified atom stereocenters. The predicted octanol–water partition coefficient (Wildman–Crippen LogP) is 2.95. The fourth-order valence-corrected chi connectivity index (χ4v) is 2.29. The zero-order valence-corrected chi connectivity index (χ0v) is 10.3. The molecular formula is C12H15N3S. The summed E-state index contributed by atoms with van der Waals surface area (Å²) in [5.41, 5.74) is 8.80. The van der Waals surface area contributed by atoms with Crippen LogP contribution in [0.4, 0.5) is 11.4 Å². The number of nitrogens with zero attached hydrogens (tertiary/aromatic N) is 1. The lowest BCUT2D eigenvalue weighted by molar-refractivity contribution is 1.16. The van der Waals surface area contributed by atoms with Crippen LogP contribution in [0.25, 0.3) is 0 Å². The van der Waals surface area contributed by atoms with Crippen LogP contribution < -0.4 is 11.1 Å². The summed E-state index contributed by atoms with van der Waals surface area (Å²) in [4.78, 5) is 5.47. The van der Waals surface area contributed by atoms with Gasteiger partial charge in [-0.15, -0.1) is 11.3 Å². The van der Waals surface area contributed by atoms with E-state index < -0.39 is 0 Å². The number of benzene rings is 1. The molecule has 1 aromatic carbocycles. The van der Waals surface area contributed by atoms with Crippen LogP contribution in [0.5, 0.6) is 0 Å². The maximum atomic E-state index is 5.70. The third-order valence-corrected chi connectivity index (χ3v) is 3.29. The molecule has 0 radical (unpaired) electrons. The van der Waals surface area contributed by atoms with Gasteiger partial charge in [0.2, 0.25) is 0 Å². The number of thiazole rings is 1. The van der Waals surface area contributed by atoms with Gasteiger partial charge in [0.05, 0.1) is 11.6 Å². The quantitative estimate of drug-likeness (QED) is 0.801. The van der Waals surface area contributed by atoms with Crippen molar-refractivity contribution in [2.24, 2.45) is 0 Å². The molecule has 84 valence electrons. The van der Waals surface area contributed by atoms with Crippen LogP contribution in [0.2, 0.25) is 0 Å². The lowest BCUT2D eigenvalue weighted by Crippen LogP contribution is -1.99. The van der Waals surface area contributed by atoms with Crippen molar-refractivity contribution in [2.75, 3.05) is 11.1 Å². The van der Waals surface area contributed by atoms with Crippen molar-refractivity contribution >= 4 is 22.7 Å². The van der Waals surface area contributed by atoms with Crippen molar-refractivity contribution in [2.45, 2.75) is 20.4 Å². The number of nitrogen functional groups attached to an aromatic ring is 1. The molecule has 0 saturated carbocycles. The predicted molar refractivity (Wildman–Crippen MR) is 69.8 cm³/mol. The number of anilines is 2. The summed E-state index contributed by atoms with van der Waals surface area (Å²) in [6, 6.07) is 5.89. The first-order valence-electron chi connectivity index (χ1n) is 5.16. The second-order valence-corrected chi connectivity index (χ2v) is 5.09. The molecule has 2 rings (SSSR count). The van der Waals surface area contributed by atoms with Gasteiger partial charge in [-0.3, -0.25) is 0 Å². The number of hydrogen-bond donors (Lipinski definition) is 2. The summed E-state index contributed by atoms with van der Waals surface area (Å²) in [6.07, 6.45) is 1.92. The van der Waals surface area contributed by atoms with Crippen LogP contribution in [0.1, 0.15) is 15.4 Å². The fraction of sp³-hybridized carbons (Fsp3) is 0.250. The van der Waals surface area contributed by atoms with Crippen molar-refractivity contribution in [1.29, 1.82) is 0 Å². The molecule has 0 aliphatic rings. The van der Waals surface area contributed by atoms with Gasteiger partial charge in [0, 0.05) is 22.4 Å². The number of aromatic nitrogens is 1. The minimum Gasteiger partial charge on any atom is -0.399 e. The minimum absolute atomic E-state index is 0.802. The minimum atomic E-state index is 0.802. The van der Waals surface area contributed by atoms with E-state index in [-0.39, 0.29) is 0 Å². The number of aryl methyl sites for hydroxylation is 2. The van der Waals surface area contributed by atoms with E-state index in [2.05, 4.69) is 17.2 Å². The van der Waals surface area contributed by atoms with E-state index in [4.69, 9.17) is 5.73 Å². The van der Waals surface area contributed by atoms with E-state index in [1.54, 1.807) is 11.3 Å². The number of nitrogens with one attached hydrogen (secondary N) is 1. The Morgan fingerprint density at radius 3 is 2.81 bits per heavy atom. The number of rotatable bonds is 3. The van der Waals surface area contributed by atoms with Gasteiger partial charge in [-0.05, 0) is 37.6 Å². The molecule has 16 heavy (non-hydrogen) atoms. The molecule has 0 aliphatic carbocycles. The summed E-state index contributed by atoms with van der Waals surface area (Å²) in [5.74, 6) is 0. The summed E-state index contributed by atoms with van der Waals surface area (Å²) < 4.78 is 0. The molecule has 0 bridgehead atoms. The summed E-state index contributed by atoms with van der Waals surface area (Å²) in [7, 11) is 0. The normalized spacial score (nSPS) is 10.4. The van der Waals surface area contributed by atoms with Gasteiger partial charge in [-0.2, -0.15) is 0 Å². The highest BCUT2D eigenvalue weighted by Gasteiger charge is 2.00. The van der Waals surface area contributed by atoms with Gasteiger partial charge >= 0.3 is 0 Å². The van der Waals surface area contributed by atoms with Crippen molar-refractivity contribution < 1.29 is 0 Å². The molecular weight excluding hydrogens is 218 g/mol. The average molecular weight is 233 g/mol. The van der Waals surface area contributed by atoms with Crippen LogP contribution in [-0.4, -0.2) is 4.98 Å². The molecule has 0 spiro atoms. The molecule has 3 nitrogen and oxygen atoms in total. The molecule has 0 aliphatic heterocycles. The van der Waals surface area contributed by atoms with Gasteiger partial charge in [-0.25, -0.2) is 4.98 Å². The van der Waals surface area contributed by atoms with E-state index in [1.807, 2.05) is 31.3 Å². The maximum absolute atomic E-state index is 5.70. The standard InChI is InChI=1S/C12H15N3S/c1-8-5-10(13)3-4-12(8)15-7-11-6-14-9(2)16-11/h3-6,15H,7,13H2,1-2H3. The van der Waals surface area contributed by atoms with Crippen LogP contribution in [0.3, 0.4) is 0 Å². The highest BCUT2D eigenvalue weighted by molar-refractivity contribution is 7.11. The summed E-state index contributed by atoms with van der Waals surface area (Å²) in [6.45, 7) is 4.88. The molecule has 1 aromatic heterocycles. The van der Waals surface area contributed by atoms with E-state index in [9.17, 15) is 0 Å². The lowest BCUT2D eigenvalue weighted by atomic mass is 10.2. The van der Waals surface area contributed by atoms with E-state index >= 15 is 0 Å². The van der Waals surface area contributed by atoms with E-state index in [1.165, 1.54) is 10.4 Å². The maximum Gasteiger partial charge on any atom is 0.0897 e. The van der Waals surface area contributed by atoms with E-state index in [0.29, 0.717) is 0 Å². The van der Waals surface area contributed by atoms with Crippen molar-refractivity contribution in [3.8, 4) is 0 Å². The lowest BCUT2D eigenvalue weighted by Gasteiger charge is -2.08. The van der Waals surface area contributed by atoms with Crippen molar-refractivity contribution in [1.82, 2.24) is 4.98 Å². The Bertz CT molecular complexity index is 491. The van der Waals surface area contributed by atoms with Crippen LogP contribution in [0.15, 0.2) is 24.4 Å². The smallest absolute Gasteiger partial charge is 0.0897 e. The first-order chi connectivity index (χ1) is 7.65. The topological polar surface area (TPSA) is 50.9 Å². The second kappa shape index (κ2) is 4.53. The second-order valence-electron chi connectivity index (χ2n) is 3.77. The average Bonchev–Trinajstić information content (AvgIpc) is 2.63. The number of nitrogens with two attached hydrogens (primary N) is 1. The van der Waals surface area contributed by atoms with Crippen molar-refractivity contribution in [3.63, 3.8) is 0 Å². The fourth-order valence-electron chi connectivity index (χ4n) is 1.55. The molecule has 2 aromatic rings. The largest absolute Gasteiger partial charge is 0.399 e. The Balaban J connectivity index is 2.04. The first-order valence-corrected chi connectivity index (χ1v) is 5.98. The Morgan fingerprint density at radius 2 is 2.19 bits per heavy atom. The Labute approximate surface area is 99.3 Å². The first kappa shape index (κ1) is 11.0. The van der Waals surface area contributed by atoms with Crippen LogP contribution in [0, 0.1) is 13.8 Å². The molecule has 0 fully saturated rings. The van der Waals surface area contributed by atoms with Gasteiger partial charge in [0.25, 0.3) is 0 Å². The van der Waals surface area contributed by atoms with Crippen molar-refractivity contribution in [3.05, 3.63) is 39.8 Å². The third-order valence-electron chi connectivity index (χ3n) is 2.37. The molecule has 4 heteroatoms. The monoisotopic (exact) mass is 233 g/mol. The zero-order valence-electron chi connectivity index (χ0n) is 9.45. The molecule has 0 saturated heterocycles. The number of hydrogen-bond acceptors (Lipinski definition) is 4. The van der Waals surface area contributed by atoms with Gasteiger partial charge in [0.1, 0.15) is 0 Å². The molecule has 0 amide bonds. The SMILES string of the molecule is Cc1ncc(CNc2ccc(N)cc2C)s1. The van der Waals surface area contributed by atoms with Gasteiger partial charge in [0.15, 0.2) is 0 Å². The summed E-state index contributed by atoms with van der Waals surface area (Å²) >= 11 is 1.72. The van der Waals surface area contributed by atoms with Crippen LogP contribution in [-0.2, 0) is 6.54 Å². The Kier molecular flexibility index (Phi) is 3.10. The molecule has 3 N–H and O–H groups in total. The molecule has 1 heterocycles. The zero-order chi connectivity index (χ0) is 11.5. The highest BCUT2D eigenvalue weighted by atomic mass is 32.1. The van der Waals surface area contributed by atoms with E-state index in [0.717, 1.165) is 22.9 Å². The van der Waals surface area contributed by atoms with Crippen LogP contribution >= 0.6 is 11.3 Å². The Hall–Kier alpha value is -1.55. The Morgan fingerprint density at radius 1 is 1.38 bits per heavy atom. The van der Waals surface area contributed by atoms with Gasteiger partial charge in [-0.1, -0.05) is 0 Å². The summed E-state index contributed by atoms with van der Waals surface area (Å²) in [5, 5.41) is 4.49. The highest BCUT2D eigenvalue weighted by Crippen LogP contribution is 2.19. The molecule has 0 atom stereocenters.